The fourth-order valence-corrected chi connectivity index (χ4v) is 3.99. The molecule has 2 aliphatic rings. The highest BCUT2D eigenvalue weighted by Crippen LogP contribution is 2.20. The first kappa shape index (κ1) is 18.7. The van der Waals surface area contributed by atoms with Crippen LogP contribution in [0.3, 0.4) is 0 Å². The largest absolute Gasteiger partial charge is 0.342 e. The van der Waals surface area contributed by atoms with Crippen LogP contribution in [-0.4, -0.2) is 52.7 Å². The van der Waals surface area contributed by atoms with Crippen molar-refractivity contribution in [2.45, 2.75) is 37.8 Å². The van der Waals surface area contributed by atoms with Crippen molar-refractivity contribution in [2.75, 3.05) is 26.2 Å². The fourth-order valence-electron chi connectivity index (χ4n) is 3.99. The molecule has 2 N–H and O–H groups in total. The van der Waals surface area contributed by atoms with Gasteiger partial charge in [-0.3, -0.25) is 14.3 Å². The fraction of sp³-hybridized carbons (Fsp3) is 0.476. The molecule has 1 aromatic heterocycles. The number of hydrogen-bond donors (Lipinski definition) is 2. The lowest BCUT2D eigenvalue weighted by atomic mass is 10.1. The molecule has 1 aromatic carbocycles. The monoisotopic (exact) mass is 381 g/mol. The SMILES string of the molecule is O=C(NC(CN1CCCC1=O)c1ccccc1)c1ccn(C2CCCNC2)n1. The smallest absolute Gasteiger partial charge is 0.272 e. The average molecular weight is 381 g/mol. The Balaban J connectivity index is 1.47. The first-order valence-corrected chi connectivity index (χ1v) is 10.1. The standard InChI is InChI=1S/C21H27N5O2/c27-20-9-5-12-25(20)15-19(16-6-2-1-3-7-16)23-21(28)18-10-13-26(24-18)17-8-4-11-22-14-17/h1-3,6-7,10,13,17,19,22H,4-5,8-9,11-12,14-15H2,(H,23,28). The van der Waals surface area contributed by atoms with E-state index >= 15 is 0 Å². The first-order valence-electron chi connectivity index (χ1n) is 10.1. The number of piperidine rings is 1. The zero-order chi connectivity index (χ0) is 19.3. The van der Waals surface area contributed by atoms with Crippen LogP contribution in [0.25, 0.3) is 0 Å². The molecule has 0 bridgehead atoms. The Morgan fingerprint density at radius 2 is 2.11 bits per heavy atom. The van der Waals surface area contributed by atoms with Crippen LogP contribution in [0.4, 0.5) is 0 Å². The van der Waals surface area contributed by atoms with Gasteiger partial charge in [-0.2, -0.15) is 5.10 Å². The van der Waals surface area contributed by atoms with Gasteiger partial charge >= 0.3 is 0 Å². The van der Waals surface area contributed by atoms with Gasteiger partial charge in [0.15, 0.2) is 0 Å². The molecule has 2 amide bonds. The molecule has 7 nitrogen and oxygen atoms in total. The van der Waals surface area contributed by atoms with Gasteiger partial charge in [0, 0.05) is 32.3 Å². The van der Waals surface area contributed by atoms with Crippen molar-refractivity contribution in [3.63, 3.8) is 0 Å². The van der Waals surface area contributed by atoms with Crippen LogP contribution in [0, 0.1) is 0 Å². The second-order valence-electron chi connectivity index (χ2n) is 7.56. The van der Waals surface area contributed by atoms with Crippen LogP contribution in [0.5, 0.6) is 0 Å². The van der Waals surface area contributed by atoms with Gasteiger partial charge < -0.3 is 15.5 Å². The van der Waals surface area contributed by atoms with Crippen molar-refractivity contribution in [3.05, 3.63) is 53.9 Å². The topological polar surface area (TPSA) is 79.3 Å². The van der Waals surface area contributed by atoms with Crippen molar-refractivity contribution in [2.24, 2.45) is 0 Å². The number of rotatable bonds is 6. The molecule has 2 saturated heterocycles. The lowest BCUT2D eigenvalue weighted by Crippen LogP contribution is -2.39. The molecule has 0 saturated carbocycles. The van der Waals surface area contributed by atoms with Crippen molar-refractivity contribution in [1.29, 1.82) is 0 Å². The molecule has 4 rings (SSSR count). The minimum Gasteiger partial charge on any atom is -0.342 e. The van der Waals surface area contributed by atoms with Crippen LogP contribution < -0.4 is 10.6 Å². The number of aromatic nitrogens is 2. The summed E-state index contributed by atoms with van der Waals surface area (Å²) in [5, 5.41) is 11.0. The average Bonchev–Trinajstić information content (AvgIpc) is 3.38. The maximum atomic E-state index is 12.9. The maximum absolute atomic E-state index is 12.9. The molecule has 0 spiro atoms. The molecular formula is C21H27N5O2. The number of carbonyl (C=O) groups excluding carboxylic acids is 2. The molecule has 0 aliphatic carbocycles. The predicted molar refractivity (Wildman–Crippen MR) is 106 cm³/mol. The van der Waals surface area contributed by atoms with Crippen LogP contribution in [0.1, 0.15) is 53.8 Å². The lowest BCUT2D eigenvalue weighted by Gasteiger charge is -2.25. The molecule has 2 unspecified atom stereocenters. The highest BCUT2D eigenvalue weighted by molar-refractivity contribution is 5.92. The van der Waals surface area contributed by atoms with Crippen LogP contribution >= 0.6 is 0 Å². The van der Waals surface area contributed by atoms with Gasteiger partial charge in [0.05, 0.1) is 12.1 Å². The minimum atomic E-state index is -0.253. The van der Waals surface area contributed by atoms with Gasteiger partial charge in [-0.05, 0) is 37.4 Å². The van der Waals surface area contributed by atoms with Crippen LogP contribution in [-0.2, 0) is 4.79 Å². The molecule has 28 heavy (non-hydrogen) atoms. The highest BCUT2D eigenvalue weighted by Gasteiger charge is 2.26. The third kappa shape index (κ3) is 4.25. The van der Waals surface area contributed by atoms with Crippen molar-refractivity contribution < 1.29 is 9.59 Å². The molecule has 2 fully saturated rings. The number of amides is 2. The number of nitrogens with zero attached hydrogens (tertiary/aromatic N) is 3. The van der Waals surface area contributed by atoms with Crippen LogP contribution in [0.2, 0.25) is 0 Å². The molecule has 0 radical (unpaired) electrons. The Labute approximate surface area is 165 Å². The number of hydrogen-bond acceptors (Lipinski definition) is 4. The summed E-state index contributed by atoms with van der Waals surface area (Å²) in [5.74, 6) is -0.0488. The van der Waals surface area contributed by atoms with E-state index in [2.05, 4.69) is 15.7 Å². The van der Waals surface area contributed by atoms with Gasteiger partial charge in [-0.15, -0.1) is 0 Å². The van der Waals surface area contributed by atoms with E-state index in [4.69, 9.17) is 0 Å². The van der Waals surface area contributed by atoms with E-state index in [0.717, 1.165) is 44.5 Å². The molecule has 2 atom stereocenters. The molecule has 2 aliphatic heterocycles. The van der Waals surface area contributed by atoms with Crippen molar-refractivity contribution in [1.82, 2.24) is 25.3 Å². The Kier molecular flexibility index (Phi) is 5.71. The molecule has 3 heterocycles. The highest BCUT2D eigenvalue weighted by atomic mass is 16.2. The summed E-state index contributed by atoms with van der Waals surface area (Å²) in [5.41, 5.74) is 1.41. The summed E-state index contributed by atoms with van der Waals surface area (Å²) in [6.45, 7) is 3.16. The third-order valence-electron chi connectivity index (χ3n) is 5.57. The number of benzene rings is 1. The van der Waals surface area contributed by atoms with Gasteiger partial charge in [-0.1, -0.05) is 30.3 Å². The summed E-state index contributed by atoms with van der Waals surface area (Å²) in [6, 6.07) is 11.6. The number of likely N-dealkylation sites (tertiary alicyclic amines) is 1. The quantitative estimate of drug-likeness (QED) is 0.801. The normalized spacial score (nSPS) is 20.9. The van der Waals surface area contributed by atoms with Gasteiger partial charge in [0.1, 0.15) is 5.69 Å². The van der Waals surface area contributed by atoms with Crippen molar-refractivity contribution in [3.8, 4) is 0 Å². The summed E-state index contributed by atoms with van der Waals surface area (Å²) < 4.78 is 1.89. The third-order valence-corrected chi connectivity index (χ3v) is 5.57. The van der Waals surface area contributed by atoms with E-state index in [0.29, 0.717) is 24.7 Å². The first-order chi connectivity index (χ1) is 13.7. The Hall–Kier alpha value is -2.67. The van der Waals surface area contributed by atoms with Crippen LogP contribution in [0.15, 0.2) is 42.6 Å². The zero-order valence-corrected chi connectivity index (χ0v) is 16.0. The summed E-state index contributed by atoms with van der Waals surface area (Å²) in [7, 11) is 0. The van der Waals surface area contributed by atoms with Gasteiger partial charge in [-0.25, -0.2) is 0 Å². The Morgan fingerprint density at radius 3 is 2.82 bits per heavy atom. The summed E-state index contributed by atoms with van der Waals surface area (Å²) in [6.07, 6.45) is 5.54. The van der Waals surface area contributed by atoms with E-state index in [1.165, 1.54) is 0 Å². The Bertz CT molecular complexity index is 813. The zero-order valence-electron chi connectivity index (χ0n) is 16.0. The van der Waals surface area contributed by atoms with Gasteiger partial charge in [0.25, 0.3) is 5.91 Å². The summed E-state index contributed by atoms with van der Waals surface area (Å²) >= 11 is 0. The van der Waals surface area contributed by atoms with E-state index in [-0.39, 0.29) is 17.9 Å². The summed E-state index contributed by atoms with van der Waals surface area (Å²) in [4.78, 5) is 26.8. The van der Waals surface area contributed by atoms with Gasteiger partial charge in [0.2, 0.25) is 5.91 Å². The predicted octanol–water partition coefficient (Wildman–Crippen LogP) is 1.90. The number of nitrogens with one attached hydrogen (secondary N) is 2. The maximum Gasteiger partial charge on any atom is 0.272 e. The Morgan fingerprint density at radius 1 is 1.25 bits per heavy atom. The number of carbonyl (C=O) groups is 2. The molecule has 148 valence electrons. The minimum absolute atomic E-state index is 0.157. The van der Waals surface area contributed by atoms with E-state index in [1.807, 2.05) is 46.1 Å². The van der Waals surface area contributed by atoms with E-state index in [9.17, 15) is 9.59 Å². The molecular weight excluding hydrogens is 354 g/mol. The second-order valence-corrected chi connectivity index (χ2v) is 7.56. The second kappa shape index (κ2) is 8.56. The van der Waals surface area contributed by atoms with Crippen molar-refractivity contribution >= 4 is 11.8 Å². The lowest BCUT2D eigenvalue weighted by molar-refractivity contribution is -0.128. The van der Waals surface area contributed by atoms with E-state index in [1.54, 1.807) is 6.07 Å². The van der Waals surface area contributed by atoms with E-state index < -0.39 is 0 Å². The molecule has 7 heteroatoms. The molecule has 2 aromatic rings.